The van der Waals surface area contributed by atoms with Gasteiger partial charge < -0.3 is 18.9 Å². The molecule has 0 saturated carbocycles. The van der Waals surface area contributed by atoms with Gasteiger partial charge >= 0.3 is 18.3 Å². The second-order valence-electron chi connectivity index (χ2n) is 7.55. The Balaban J connectivity index is 1.77. The van der Waals surface area contributed by atoms with Gasteiger partial charge in [0.05, 0.1) is 5.56 Å². The summed E-state index contributed by atoms with van der Waals surface area (Å²) in [5.74, 6) is -2.45. The Labute approximate surface area is 193 Å². The molecule has 0 aliphatic heterocycles. The van der Waals surface area contributed by atoms with Gasteiger partial charge in [0.25, 0.3) is 0 Å². The number of alkyl halides is 3. The summed E-state index contributed by atoms with van der Waals surface area (Å²) in [5, 5.41) is 0. The summed E-state index contributed by atoms with van der Waals surface area (Å²) < 4.78 is 58.6. The van der Waals surface area contributed by atoms with E-state index in [1.165, 1.54) is 0 Å². The van der Waals surface area contributed by atoms with Crippen LogP contribution in [0.3, 0.4) is 0 Å². The molecule has 3 rings (SSSR count). The van der Waals surface area contributed by atoms with E-state index in [0.29, 0.717) is 5.56 Å². The van der Waals surface area contributed by atoms with Crippen molar-refractivity contribution in [2.45, 2.75) is 25.8 Å². The topological polar surface area (TPSA) is 71.1 Å². The lowest BCUT2D eigenvalue weighted by Gasteiger charge is -2.28. The average Bonchev–Trinajstić information content (AvgIpc) is 2.79. The second-order valence-corrected chi connectivity index (χ2v) is 7.55. The normalized spacial score (nSPS) is 11.4. The van der Waals surface area contributed by atoms with E-state index in [2.05, 4.69) is 4.74 Å². The van der Waals surface area contributed by atoms with Gasteiger partial charge in [0.15, 0.2) is 18.1 Å². The van der Waals surface area contributed by atoms with E-state index in [0.717, 1.165) is 18.2 Å². The molecule has 0 heterocycles. The van der Waals surface area contributed by atoms with Crippen molar-refractivity contribution in [3.05, 3.63) is 90.0 Å². The van der Waals surface area contributed by atoms with Crippen molar-refractivity contribution >= 4 is 11.9 Å². The lowest BCUT2D eigenvalue weighted by atomic mass is 9.98. The molecule has 0 aromatic heterocycles. The van der Waals surface area contributed by atoms with Gasteiger partial charge in [-0.25, -0.2) is 9.59 Å². The monoisotopic (exact) mass is 474 g/mol. The van der Waals surface area contributed by atoms with E-state index in [1.807, 2.05) is 0 Å². The van der Waals surface area contributed by atoms with E-state index in [1.54, 1.807) is 74.5 Å². The van der Waals surface area contributed by atoms with Crippen LogP contribution in [0.15, 0.2) is 78.9 Å². The van der Waals surface area contributed by atoms with Crippen LogP contribution in [0.2, 0.25) is 0 Å². The van der Waals surface area contributed by atoms with E-state index in [4.69, 9.17) is 14.2 Å². The van der Waals surface area contributed by atoms with Crippen molar-refractivity contribution in [3.8, 4) is 17.2 Å². The Morgan fingerprint density at radius 2 is 1.41 bits per heavy atom. The lowest BCUT2D eigenvalue weighted by molar-refractivity contribution is -0.275. The van der Waals surface area contributed by atoms with Crippen molar-refractivity contribution in [2.24, 2.45) is 0 Å². The number of rotatable bonds is 8. The first-order chi connectivity index (χ1) is 16.0. The van der Waals surface area contributed by atoms with E-state index < -0.39 is 36.3 Å². The standard InChI is InChI=1S/C25H21F3O6/c1-24(2,18-9-5-3-6-10-18)33-21-15-17(13-14-20(21)34-25(26,27)28)23(30)31-16-22(29)32-19-11-7-4-8-12-19/h3-15H,16H2,1-2H3. The number of esters is 2. The van der Waals surface area contributed by atoms with Gasteiger partial charge in [-0.05, 0) is 49.7 Å². The molecule has 0 aliphatic carbocycles. The number of benzene rings is 3. The van der Waals surface area contributed by atoms with Gasteiger partial charge in [0, 0.05) is 0 Å². The molecule has 34 heavy (non-hydrogen) atoms. The summed E-state index contributed by atoms with van der Waals surface area (Å²) in [4.78, 5) is 24.3. The smallest absolute Gasteiger partial charge is 0.479 e. The fourth-order valence-electron chi connectivity index (χ4n) is 2.95. The summed E-state index contributed by atoms with van der Waals surface area (Å²) in [6.45, 7) is 2.62. The number of hydrogen-bond donors (Lipinski definition) is 0. The zero-order valence-corrected chi connectivity index (χ0v) is 18.3. The highest BCUT2D eigenvalue weighted by molar-refractivity contribution is 5.91. The van der Waals surface area contributed by atoms with Crippen LogP contribution in [0.4, 0.5) is 13.2 Å². The van der Waals surface area contributed by atoms with Gasteiger partial charge in [-0.15, -0.1) is 13.2 Å². The van der Waals surface area contributed by atoms with Crippen LogP contribution >= 0.6 is 0 Å². The minimum Gasteiger partial charge on any atom is -0.479 e. The number of para-hydroxylation sites is 1. The third-order valence-corrected chi connectivity index (χ3v) is 4.54. The molecule has 3 aromatic carbocycles. The van der Waals surface area contributed by atoms with Gasteiger partial charge in [0.1, 0.15) is 11.4 Å². The fraction of sp³-hybridized carbons (Fsp3) is 0.200. The summed E-state index contributed by atoms with van der Waals surface area (Å²) in [6.07, 6.45) is -4.97. The molecule has 3 aromatic rings. The molecule has 0 atom stereocenters. The Kier molecular flexibility index (Phi) is 7.45. The fourth-order valence-corrected chi connectivity index (χ4v) is 2.95. The van der Waals surface area contributed by atoms with Crippen LogP contribution in [0.1, 0.15) is 29.8 Å². The minimum atomic E-state index is -4.97. The number of ether oxygens (including phenoxy) is 4. The lowest BCUT2D eigenvalue weighted by Crippen LogP contribution is -2.26. The largest absolute Gasteiger partial charge is 0.573 e. The van der Waals surface area contributed by atoms with Gasteiger partial charge in [-0.2, -0.15) is 0 Å². The minimum absolute atomic E-state index is 0.138. The molecule has 0 saturated heterocycles. The number of halogens is 3. The van der Waals surface area contributed by atoms with Crippen molar-refractivity contribution in [3.63, 3.8) is 0 Å². The molecule has 0 N–H and O–H groups in total. The van der Waals surface area contributed by atoms with Crippen molar-refractivity contribution in [2.75, 3.05) is 6.61 Å². The quantitative estimate of drug-likeness (QED) is 0.310. The van der Waals surface area contributed by atoms with Crippen molar-refractivity contribution in [1.82, 2.24) is 0 Å². The average molecular weight is 474 g/mol. The van der Waals surface area contributed by atoms with E-state index >= 15 is 0 Å². The van der Waals surface area contributed by atoms with Crippen LogP contribution < -0.4 is 14.2 Å². The molecule has 0 aliphatic rings. The Hall–Kier alpha value is -4.01. The second kappa shape index (κ2) is 10.3. The predicted octanol–water partition coefficient (Wildman–Crippen LogP) is 5.66. The van der Waals surface area contributed by atoms with E-state index in [9.17, 15) is 22.8 Å². The maximum absolute atomic E-state index is 12.9. The van der Waals surface area contributed by atoms with Gasteiger partial charge in [-0.3, -0.25) is 0 Å². The van der Waals surface area contributed by atoms with Crippen molar-refractivity contribution < 1.29 is 41.7 Å². The molecule has 6 nitrogen and oxygen atoms in total. The Morgan fingerprint density at radius 3 is 2.03 bits per heavy atom. The molecule has 0 bridgehead atoms. The molecular weight excluding hydrogens is 453 g/mol. The maximum Gasteiger partial charge on any atom is 0.573 e. The van der Waals surface area contributed by atoms with E-state index in [-0.39, 0.29) is 17.1 Å². The van der Waals surface area contributed by atoms with Crippen LogP contribution in [0.25, 0.3) is 0 Å². The molecule has 9 heteroatoms. The van der Waals surface area contributed by atoms with Gasteiger partial charge in [-0.1, -0.05) is 48.5 Å². The Morgan fingerprint density at radius 1 is 0.794 bits per heavy atom. The van der Waals surface area contributed by atoms with Crippen molar-refractivity contribution in [1.29, 1.82) is 0 Å². The molecule has 0 amide bonds. The number of carbonyl (C=O) groups excluding carboxylic acids is 2. The zero-order chi connectivity index (χ0) is 24.8. The first-order valence-corrected chi connectivity index (χ1v) is 10.1. The molecule has 0 fully saturated rings. The summed E-state index contributed by atoms with van der Waals surface area (Å²) in [5.41, 5.74) is -0.516. The van der Waals surface area contributed by atoms with Crippen LogP contribution in [0.5, 0.6) is 17.2 Å². The molecule has 178 valence electrons. The molecule has 0 spiro atoms. The van der Waals surface area contributed by atoms with Crippen LogP contribution in [0, 0.1) is 0 Å². The first kappa shape index (κ1) is 24.6. The Bertz CT molecular complexity index is 1130. The highest BCUT2D eigenvalue weighted by Crippen LogP contribution is 2.37. The molecule has 0 unspecified atom stereocenters. The number of hydrogen-bond acceptors (Lipinski definition) is 6. The third-order valence-electron chi connectivity index (χ3n) is 4.54. The summed E-state index contributed by atoms with van der Waals surface area (Å²) in [7, 11) is 0. The first-order valence-electron chi connectivity index (χ1n) is 10.1. The summed E-state index contributed by atoms with van der Waals surface area (Å²) >= 11 is 0. The third kappa shape index (κ3) is 6.99. The number of carbonyl (C=O) groups is 2. The molecular formula is C25H21F3O6. The predicted molar refractivity (Wildman–Crippen MR) is 116 cm³/mol. The van der Waals surface area contributed by atoms with Crippen LogP contribution in [-0.2, 0) is 15.1 Å². The molecule has 0 radical (unpaired) electrons. The maximum atomic E-state index is 12.9. The SMILES string of the molecule is CC(C)(Oc1cc(C(=O)OCC(=O)Oc2ccccc2)ccc1OC(F)(F)F)c1ccccc1. The van der Waals surface area contributed by atoms with Crippen LogP contribution in [-0.4, -0.2) is 24.9 Å². The summed E-state index contributed by atoms with van der Waals surface area (Å²) in [6, 6.07) is 20.1. The highest BCUT2D eigenvalue weighted by Gasteiger charge is 2.34. The van der Waals surface area contributed by atoms with Gasteiger partial charge in [0.2, 0.25) is 0 Å². The highest BCUT2D eigenvalue weighted by atomic mass is 19.4. The zero-order valence-electron chi connectivity index (χ0n) is 18.3.